The highest BCUT2D eigenvalue weighted by molar-refractivity contribution is 5.96. The quantitative estimate of drug-likeness (QED) is 0.285. The van der Waals surface area contributed by atoms with E-state index in [1.54, 1.807) is 36.4 Å². The lowest BCUT2D eigenvalue weighted by Crippen LogP contribution is -2.32. The van der Waals surface area contributed by atoms with Crippen LogP contribution in [0.2, 0.25) is 0 Å². The van der Waals surface area contributed by atoms with Gasteiger partial charge < -0.3 is 20.1 Å². The number of rotatable bonds is 10. The van der Waals surface area contributed by atoms with Crippen LogP contribution in [0.4, 0.5) is 11.4 Å². The molecule has 0 fully saturated rings. The Morgan fingerprint density at radius 3 is 1.97 bits per heavy atom. The summed E-state index contributed by atoms with van der Waals surface area (Å²) in [7, 11) is 0. The van der Waals surface area contributed by atoms with Crippen LogP contribution in [-0.4, -0.2) is 24.5 Å². The van der Waals surface area contributed by atoms with Crippen molar-refractivity contribution >= 4 is 23.2 Å². The molecule has 1 atom stereocenters. The summed E-state index contributed by atoms with van der Waals surface area (Å²) in [6, 6.07) is 33.8. The van der Waals surface area contributed by atoms with Gasteiger partial charge in [-0.1, -0.05) is 73.7 Å². The van der Waals surface area contributed by atoms with Crippen LogP contribution in [0.15, 0.2) is 109 Å². The van der Waals surface area contributed by atoms with Gasteiger partial charge in [0.15, 0.2) is 12.7 Å². The first-order valence-electron chi connectivity index (χ1n) is 11.8. The van der Waals surface area contributed by atoms with Crippen molar-refractivity contribution in [2.24, 2.45) is 0 Å². The van der Waals surface area contributed by atoms with Gasteiger partial charge in [0.05, 0.1) is 0 Å². The van der Waals surface area contributed by atoms with E-state index in [2.05, 4.69) is 10.6 Å². The van der Waals surface area contributed by atoms with Gasteiger partial charge in [-0.15, -0.1) is 0 Å². The standard InChI is InChI=1S/C30H28N2O4/c1-2-28(36-27-18-16-23(17-19-27)22-10-5-3-6-11-22)30(34)32-25-13-9-12-24(20-25)31-29(33)21-35-26-14-7-4-8-15-26/h3-20,28H,2,21H2,1H3,(H,31,33)(H,32,34). The van der Waals surface area contributed by atoms with Gasteiger partial charge in [0.2, 0.25) is 0 Å². The van der Waals surface area contributed by atoms with Crippen molar-refractivity contribution in [2.45, 2.75) is 19.4 Å². The molecule has 4 aromatic carbocycles. The predicted octanol–water partition coefficient (Wildman–Crippen LogP) is 6.17. The Hall–Kier alpha value is -4.58. The number of hydrogen-bond donors (Lipinski definition) is 2. The number of carbonyl (C=O) groups excluding carboxylic acids is 2. The lowest BCUT2D eigenvalue weighted by Gasteiger charge is -2.18. The SMILES string of the molecule is CCC(Oc1ccc(-c2ccccc2)cc1)C(=O)Nc1cccc(NC(=O)COc2ccccc2)c1. The van der Waals surface area contributed by atoms with Crippen LogP contribution >= 0.6 is 0 Å². The summed E-state index contributed by atoms with van der Waals surface area (Å²) in [4.78, 5) is 25.1. The summed E-state index contributed by atoms with van der Waals surface area (Å²) in [6.45, 7) is 1.78. The third-order valence-electron chi connectivity index (χ3n) is 5.43. The minimum absolute atomic E-state index is 0.116. The van der Waals surface area contributed by atoms with E-state index in [9.17, 15) is 9.59 Å². The molecular formula is C30H28N2O4. The first-order chi connectivity index (χ1) is 17.6. The molecule has 4 aromatic rings. The highest BCUT2D eigenvalue weighted by Crippen LogP contribution is 2.23. The summed E-state index contributed by atoms with van der Waals surface area (Å²) in [5, 5.41) is 5.66. The van der Waals surface area contributed by atoms with Gasteiger partial charge in [0, 0.05) is 11.4 Å². The summed E-state index contributed by atoms with van der Waals surface area (Å²) in [5.41, 5.74) is 3.31. The normalized spacial score (nSPS) is 11.2. The average molecular weight is 481 g/mol. The minimum atomic E-state index is -0.662. The molecule has 0 heterocycles. The van der Waals surface area contributed by atoms with Crippen LogP contribution in [0.3, 0.4) is 0 Å². The van der Waals surface area contributed by atoms with Crippen molar-refractivity contribution in [2.75, 3.05) is 17.2 Å². The monoisotopic (exact) mass is 480 g/mol. The molecule has 1 unspecified atom stereocenters. The van der Waals surface area contributed by atoms with Gasteiger partial charge in [0.25, 0.3) is 11.8 Å². The molecule has 0 aliphatic heterocycles. The number of hydrogen-bond acceptors (Lipinski definition) is 4. The Labute approximate surface area is 210 Å². The molecule has 6 heteroatoms. The third kappa shape index (κ3) is 6.96. The Morgan fingerprint density at radius 1 is 0.694 bits per heavy atom. The Balaban J connectivity index is 1.32. The number of carbonyl (C=O) groups is 2. The van der Waals surface area contributed by atoms with E-state index < -0.39 is 6.10 Å². The van der Waals surface area contributed by atoms with E-state index in [1.165, 1.54) is 0 Å². The largest absolute Gasteiger partial charge is 0.484 e. The molecule has 0 spiro atoms. The Kier molecular flexibility index (Phi) is 8.33. The highest BCUT2D eigenvalue weighted by Gasteiger charge is 2.19. The maximum atomic E-state index is 12.9. The first-order valence-corrected chi connectivity index (χ1v) is 11.8. The van der Waals surface area contributed by atoms with Crippen molar-refractivity contribution in [1.82, 2.24) is 0 Å². The highest BCUT2D eigenvalue weighted by atomic mass is 16.5. The second kappa shape index (κ2) is 12.2. The molecule has 0 saturated heterocycles. The first kappa shape index (κ1) is 24.5. The topological polar surface area (TPSA) is 76.7 Å². The maximum Gasteiger partial charge on any atom is 0.265 e. The van der Waals surface area contributed by atoms with E-state index in [0.717, 1.165) is 11.1 Å². The second-order valence-electron chi connectivity index (χ2n) is 8.13. The summed E-state index contributed by atoms with van der Waals surface area (Å²) >= 11 is 0. The zero-order valence-corrected chi connectivity index (χ0v) is 20.0. The molecule has 2 N–H and O–H groups in total. The number of anilines is 2. The molecule has 0 saturated carbocycles. The van der Waals surface area contributed by atoms with Crippen LogP contribution in [0.1, 0.15) is 13.3 Å². The summed E-state index contributed by atoms with van der Waals surface area (Å²) in [6.07, 6.45) is -0.162. The van der Waals surface area contributed by atoms with Gasteiger partial charge in [-0.2, -0.15) is 0 Å². The molecule has 6 nitrogen and oxygen atoms in total. The Morgan fingerprint density at radius 2 is 1.31 bits per heavy atom. The third-order valence-corrected chi connectivity index (χ3v) is 5.43. The fraction of sp³-hybridized carbons (Fsp3) is 0.133. The van der Waals surface area contributed by atoms with Crippen molar-refractivity contribution in [3.05, 3.63) is 109 Å². The van der Waals surface area contributed by atoms with Crippen LogP contribution in [0, 0.1) is 0 Å². The van der Waals surface area contributed by atoms with Crippen LogP contribution in [0.5, 0.6) is 11.5 Å². The zero-order chi connectivity index (χ0) is 25.2. The van der Waals surface area contributed by atoms with Gasteiger partial charge in [-0.25, -0.2) is 0 Å². The zero-order valence-electron chi connectivity index (χ0n) is 20.0. The summed E-state index contributed by atoms with van der Waals surface area (Å²) < 4.78 is 11.4. The smallest absolute Gasteiger partial charge is 0.265 e. The molecule has 36 heavy (non-hydrogen) atoms. The van der Waals surface area contributed by atoms with Crippen molar-refractivity contribution in [3.8, 4) is 22.6 Å². The fourth-order valence-electron chi connectivity index (χ4n) is 3.60. The van der Waals surface area contributed by atoms with Crippen molar-refractivity contribution in [1.29, 1.82) is 0 Å². The van der Waals surface area contributed by atoms with Crippen molar-refractivity contribution in [3.63, 3.8) is 0 Å². The maximum absolute atomic E-state index is 12.9. The van der Waals surface area contributed by atoms with Crippen molar-refractivity contribution < 1.29 is 19.1 Å². The lowest BCUT2D eigenvalue weighted by atomic mass is 10.1. The van der Waals surface area contributed by atoms with E-state index in [0.29, 0.717) is 29.3 Å². The predicted molar refractivity (Wildman–Crippen MR) is 142 cm³/mol. The second-order valence-corrected chi connectivity index (χ2v) is 8.13. The van der Waals surface area contributed by atoms with Crippen LogP contribution in [-0.2, 0) is 9.59 Å². The van der Waals surface area contributed by atoms with Crippen LogP contribution < -0.4 is 20.1 Å². The van der Waals surface area contributed by atoms with Gasteiger partial charge in [-0.3, -0.25) is 9.59 Å². The molecule has 2 amide bonds. The van der Waals surface area contributed by atoms with E-state index in [-0.39, 0.29) is 18.4 Å². The molecule has 182 valence electrons. The number of amides is 2. The molecule has 0 radical (unpaired) electrons. The fourth-order valence-corrected chi connectivity index (χ4v) is 3.60. The average Bonchev–Trinajstić information content (AvgIpc) is 2.92. The number of ether oxygens (including phenoxy) is 2. The lowest BCUT2D eigenvalue weighted by molar-refractivity contribution is -0.122. The van der Waals surface area contributed by atoms with Gasteiger partial charge >= 0.3 is 0 Å². The molecular weight excluding hydrogens is 452 g/mol. The van der Waals surface area contributed by atoms with E-state index in [4.69, 9.17) is 9.47 Å². The summed E-state index contributed by atoms with van der Waals surface area (Å²) in [5.74, 6) is 0.682. The molecule has 0 aromatic heterocycles. The minimum Gasteiger partial charge on any atom is -0.484 e. The molecule has 0 bridgehead atoms. The molecule has 0 aliphatic carbocycles. The number of benzene rings is 4. The van der Waals surface area contributed by atoms with Gasteiger partial charge in [0.1, 0.15) is 11.5 Å². The molecule has 4 rings (SSSR count). The molecule has 0 aliphatic rings. The van der Waals surface area contributed by atoms with Crippen LogP contribution in [0.25, 0.3) is 11.1 Å². The number of nitrogens with one attached hydrogen (secondary N) is 2. The van der Waals surface area contributed by atoms with E-state index >= 15 is 0 Å². The van der Waals surface area contributed by atoms with Gasteiger partial charge in [-0.05, 0) is 60.0 Å². The van der Waals surface area contributed by atoms with E-state index in [1.807, 2.05) is 79.7 Å². The number of para-hydroxylation sites is 1. The Bertz CT molecular complexity index is 1280.